The molecular weight excluding hydrogens is 254 g/mol. The summed E-state index contributed by atoms with van der Waals surface area (Å²) >= 11 is 6.08. The van der Waals surface area contributed by atoms with Gasteiger partial charge in [0.25, 0.3) is 0 Å². The summed E-state index contributed by atoms with van der Waals surface area (Å²) in [4.78, 5) is 0. The minimum atomic E-state index is 0.137. The maximum atomic E-state index is 6.08. The Labute approximate surface area is 123 Å². The highest BCUT2D eigenvalue weighted by Crippen LogP contribution is 2.15. The van der Waals surface area contributed by atoms with Gasteiger partial charge >= 0.3 is 0 Å². The first-order valence-corrected chi connectivity index (χ1v) is 7.44. The summed E-state index contributed by atoms with van der Waals surface area (Å²) in [6.45, 7) is 12.6. The third-order valence-corrected chi connectivity index (χ3v) is 3.28. The normalized spacial score (nSPS) is 13.0. The molecule has 0 aliphatic heterocycles. The van der Waals surface area contributed by atoms with Gasteiger partial charge in [-0.2, -0.15) is 0 Å². The minimum Gasteiger partial charge on any atom is -0.307 e. The highest BCUT2D eigenvalue weighted by atomic mass is 35.5. The molecule has 1 rings (SSSR count). The summed E-state index contributed by atoms with van der Waals surface area (Å²) in [5.74, 6) is 0.698. The second kappa shape index (κ2) is 7.72. The number of hydrogen-bond donors (Lipinski definition) is 1. The summed E-state index contributed by atoms with van der Waals surface area (Å²) in [5, 5.41) is 4.12. The van der Waals surface area contributed by atoms with Crippen molar-refractivity contribution < 1.29 is 0 Å². The van der Waals surface area contributed by atoms with Crippen LogP contribution >= 0.6 is 11.6 Å². The van der Waals surface area contributed by atoms with Gasteiger partial charge in [0, 0.05) is 17.1 Å². The van der Waals surface area contributed by atoms with Crippen molar-refractivity contribution in [2.45, 2.75) is 52.6 Å². The Kier molecular flexibility index (Phi) is 6.60. The van der Waals surface area contributed by atoms with Gasteiger partial charge in [-0.05, 0) is 29.9 Å². The van der Waals surface area contributed by atoms with E-state index in [9.17, 15) is 0 Å². The molecular formula is C17H26ClN. The third kappa shape index (κ3) is 6.26. The van der Waals surface area contributed by atoms with Gasteiger partial charge in [-0.15, -0.1) is 0 Å². The quantitative estimate of drug-likeness (QED) is 0.772. The Morgan fingerprint density at radius 3 is 1.89 bits per heavy atom. The second-order valence-electron chi connectivity index (χ2n) is 5.94. The van der Waals surface area contributed by atoms with Crippen LogP contribution in [0.4, 0.5) is 0 Å². The number of hydrogen-bond acceptors (Lipinski definition) is 1. The van der Waals surface area contributed by atoms with Crippen LogP contribution in [0.5, 0.6) is 0 Å². The zero-order valence-corrected chi connectivity index (χ0v) is 13.3. The molecule has 1 N–H and O–H groups in total. The van der Waals surface area contributed by atoms with Crippen molar-refractivity contribution in [3.05, 3.63) is 47.0 Å². The molecule has 0 aliphatic rings. The zero-order chi connectivity index (χ0) is 14.4. The summed E-state index contributed by atoms with van der Waals surface area (Å²) < 4.78 is 0. The van der Waals surface area contributed by atoms with Crippen LogP contribution < -0.4 is 5.32 Å². The van der Waals surface area contributed by atoms with Gasteiger partial charge in [-0.1, -0.05) is 70.1 Å². The molecule has 0 saturated carbocycles. The molecule has 0 bridgehead atoms. The van der Waals surface area contributed by atoms with Crippen LogP contribution in [0.2, 0.25) is 0 Å². The zero-order valence-electron chi connectivity index (χ0n) is 12.5. The molecule has 2 heteroatoms. The van der Waals surface area contributed by atoms with Crippen LogP contribution in [0.15, 0.2) is 35.9 Å². The van der Waals surface area contributed by atoms with Crippen LogP contribution in [0, 0.1) is 5.92 Å². The summed E-state index contributed by atoms with van der Waals surface area (Å²) in [5.41, 5.74) is 2.70. The molecule has 0 aliphatic carbocycles. The molecule has 0 aromatic heterocycles. The largest absolute Gasteiger partial charge is 0.307 e. The molecule has 1 aromatic rings. The average molecular weight is 280 g/mol. The number of benzene rings is 1. The van der Waals surface area contributed by atoms with Crippen LogP contribution in [-0.4, -0.2) is 12.1 Å². The lowest BCUT2D eigenvalue weighted by molar-refractivity contribution is 0.516. The number of nitrogens with one attached hydrogen (secondary N) is 1. The minimum absolute atomic E-state index is 0.137. The fraction of sp³-hybridized carbons (Fsp3) is 0.529. The molecule has 106 valence electrons. The standard InChI is InChI=1S/C17H26ClN/c1-12(2)10-15-6-8-16(9-7-15)11-17(14(5)18)19-13(3)4/h6-9,12-13,17,19H,5,10-11H2,1-4H3. The van der Waals surface area contributed by atoms with Crippen LogP contribution in [-0.2, 0) is 12.8 Å². The van der Waals surface area contributed by atoms with Crippen LogP contribution in [0.25, 0.3) is 0 Å². The first kappa shape index (κ1) is 16.3. The van der Waals surface area contributed by atoms with E-state index in [-0.39, 0.29) is 6.04 Å². The lowest BCUT2D eigenvalue weighted by Crippen LogP contribution is -2.36. The van der Waals surface area contributed by atoms with E-state index >= 15 is 0 Å². The Hall–Kier alpha value is -0.790. The fourth-order valence-corrected chi connectivity index (χ4v) is 2.32. The van der Waals surface area contributed by atoms with E-state index in [0.29, 0.717) is 17.0 Å². The number of rotatable bonds is 7. The van der Waals surface area contributed by atoms with E-state index in [1.54, 1.807) is 0 Å². The van der Waals surface area contributed by atoms with Gasteiger partial charge in [-0.25, -0.2) is 0 Å². The third-order valence-electron chi connectivity index (χ3n) is 3.02. The SMILES string of the molecule is C=C(Cl)C(Cc1ccc(CC(C)C)cc1)NC(C)C. The van der Waals surface area contributed by atoms with Crippen LogP contribution in [0.3, 0.4) is 0 Å². The van der Waals surface area contributed by atoms with E-state index < -0.39 is 0 Å². The van der Waals surface area contributed by atoms with Crippen molar-refractivity contribution in [2.24, 2.45) is 5.92 Å². The highest BCUT2D eigenvalue weighted by molar-refractivity contribution is 6.29. The highest BCUT2D eigenvalue weighted by Gasteiger charge is 2.12. The van der Waals surface area contributed by atoms with Crippen molar-refractivity contribution >= 4 is 11.6 Å². The smallest absolute Gasteiger partial charge is 0.0465 e. The summed E-state index contributed by atoms with van der Waals surface area (Å²) in [6, 6.07) is 9.38. The molecule has 0 radical (unpaired) electrons. The Morgan fingerprint density at radius 2 is 1.53 bits per heavy atom. The van der Waals surface area contributed by atoms with Gasteiger partial charge in [0.15, 0.2) is 0 Å². The van der Waals surface area contributed by atoms with E-state index in [4.69, 9.17) is 11.6 Å². The monoisotopic (exact) mass is 279 g/mol. The fourth-order valence-electron chi connectivity index (χ4n) is 2.18. The molecule has 0 amide bonds. The van der Waals surface area contributed by atoms with Gasteiger partial charge < -0.3 is 5.32 Å². The number of halogens is 1. The maximum Gasteiger partial charge on any atom is 0.0465 e. The summed E-state index contributed by atoms with van der Waals surface area (Å²) in [6.07, 6.45) is 2.03. The van der Waals surface area contributed by atoms with Crippen molar-refractivity contribution in [2.75, 3.05) is 0 Å². The molecule has 0 fully saturated rings. The lowest BCUT2D eigenvalue weighted by Gasteiger charge is -2.20. The molecule has 0 heterocycles. The first-order valence-electron chi connectivity index (χ1n) is 7.06. The Bertz CT molecular complexity index is 392. The predicted molar refractivity (Wildman–Crippen MR) is 85.7 cm³/mol. The van der Waals surface area contributed by atoms with Crippen molar-refractivity contribution in [3.8, 4) is 0 Å². The van der Waals surface area contributed by atoms with E-state index in [0.717, 1.165) is 12.8 Å². The topological polar surface area (TPSA) is 12.0 Å². The van der Waals surface area contributed by atoms with Crippen molar-refractivity contribution in [1.82, 2.24) is 5.32 Å². The van der Waals surface area contributed by atoms with Gasteiger partial charge in [0.05, 0.1) is 0 Å². The second-order valence-corrected chi connectivity index (χ2v) is 6.42. The Morgan fingerprint density at radius 1 is 1.05 bits per heavy atom. The van der Waals surface area contributed by atoms with Crippen LogP contribution in [0.1, 0.15) is 38.8 Å². The molecule has 1 atom stereocenters. The molecule has 1 aromatic carbocycles. The van der Waals surface area contributed by atoms with Crippen molar-refractivity contribution in [3.63, 3.8) is 0 Å². The summed E-state index contributed by atoms with van der Waals surface area (Å²) in [7, 11) is 0. The van der Waals surface area contributed by atoms with Crippen molar-refractivity contribution in [1.29, 1.82) is 0 Å². The van der Waals surface area contributed by atoms with Gasteiger partial charge in [0.1, 0.15) is 0 Å². The molecule has 19 heavy (non-hydrogen) atoms. The van der Waals surface area contributed by atoms with E-state index in [1.807, 2.05) is 0 Å². The van der Waals surface area contributed by atoms with E-state index in [2.05, 4.69) is 63.9 Å². The lowest BCUT2D eigenvalue weighted by atomic mass is 9.99. The van der Waals surface area contributed by atoms with Gasteiger partial charge in [0.2, 0.25) is 0 Å². The van der Waals surface area contributed by atoms with E-state index in [1.165, 1.54) is 11.1 Å². The molecule has 0 spiro atoms. The molecule has 0 saturated heterocycles. The van der Waals surface area contributed by atoms with Gasteiger partial charge in [-0.3, -0.25) is 0 Å². The first-order chi connectivity index (χ1) is 8.88. The Balaban J connectivity index is 2.67. The average Bonchev–Trinajstić information content (AvgIpc) is 2.29. The molecule has 1 unspecified atom stereocenters. The molecule has 1 nitrogen and oxygen atoms in total. The maximum absolute atomic E-state index is 6.08. The predicted octanol–water partition coefficient (Wildman–Crippen LogP) is 4.55.